The molecule has 1 aromatic carbocycles. The number of nitrogens with zero attached hydrogens (tertiary/aromatic N) is 4. The smallest absolute Gasteiger partial charge is 0.323 e. The van der Waals surface area contributed by atoms with E-state index in [-0.39, 0.29) is 11.6 Å². The molecule has 4 aromatic rings. The molecule has 4 rings (SSSR count). The van der Waals surface area contributed by atoms with Gasteiger partial charge in [-0.05, 0) is 25.1 Å². The van der Waals surface area contributed by atoms with Gasteiger partial charge in [-0.15, -0.1) is 0 Å². The molecule has 9 heteroatoms. The van der Waals surface area contributed by atoms with Gasteiger partial charge in [0.15, 0.2) is 5.78 Å². The first kappa shape index (κ1) is 19.1. The number of rotatable bonds is 4. The maximum Gasteiger partial charge on any atom is 0.323 e. The summed E-state index contributed by atoms with van der Waals surface area (Å²) in [5.74, 6) is -0.0687. The van der Waals surface area contributed by atoms with Crippen molar-refractivity contribution in [2.75, 3.05) is 16.4 Å². The number of nitrogen functional groups attached to an aromatic ring is 1. The van der Waals surface area contributed by atoms with Crippen molar-refractivity contribution in [3.05, 3.63) is 71.9 Å². The Hall–Kier alpha value is -4.27. The van der Waals surface area contributed by atoms with Gasteiger partial charge in [0.05, 0.1) is 22.8 Å². The third-order valence-electron chi connectivity index (χ3n) is 4.60. The summed E-state index contributed by atoms with van der Waals surface area (Å²) < 4.78 is 1.71. The first-order valence-electron chi connectivity index (χ1n) is 9.12. The summed E-state index contributed by atoms with van der Waals surface area (Å²) in [5, 5.41) is 5.91. The Balaban J connectivity index is 1.57. The standard InChI is InChI=1S/C21H19N7O2/c1-12-3-5-14(6-4-12)26-21(30)27-15-7-13(8-23-9-15)18(29)16-10-28(2)20-17(16)19(22)24-11-25-20/h3-11H,1-2H3,(H2,22,24,25)(H2,26,27,30). The van der Waals surface area contributed by atoms with Gasteiger partial charge in [-0.2, -0.15) is 0 Å². The van der Waals surface area contributed by atoms with Crippen molar-refractivity contribution >= 4 is 40.0 Å². The Morgan fingerprint density at radius 1 is 1.03 bits per heavy atom. The van der Waals surface area contributed by atoms with Gasteiger partial charge >= 0.3 is 6.03 Å². The molecule has 0 aliphatic rings. The molecule has 0 fully saturated rings. The van der Waals surface area contributed by atoms with Crippen molar-refractivity contribution in [3.63, 3.8) is 0 Å². The number of pyridine rings is 1. The molecule has 3 heterocycles. The minimum Gasteiger partial charge on any atom is -0.383 e. The fourth-order valence-corrected chi connectivity index (χ4v) is 3.13. The molecule has 0 bridgehead atoms. The number of urea groups is 1. The number of benzene rings is 1. The van der Waals surface area contributed by atoms with E-state index in [9.17, 15) is 9.59 Å². The van der Waals surface area contributed by atoms with Crippen LogP contribution in [-0.4, -0.2) is 31.3 Å². The molecule has 0 spiro atoms. The van der Waals surface area contributed by atoms with E-state index < -0.39 is 6.03 Å². The van der Waals surface area contributed by atoms with Crippen LogP contribution in [0.3, 0.4) is 0 Å². The van der Waals surface area contributed by atoms with E-state index in [0.29, 0.717) is 33.5 Å². The van der Waals surface area contributed by atoms with Crippen molar-refractivity contribution in [1.82, 2.24) is 19.5 Å². The van der Waals surface area contributed by atoms with Crippen LogP contribution in [0.1, 0.15) is 21.5 Å². The number of aromatic nitrogens is 4. The lowest BCUT2D eigenvalue weighted by atomic mass is 10.1. The summed E-state index contributed by atoms with van der Waals surface area (Å²) in [6.07, 6.45) is 5.91. The molecule has 0 aliphatic heterocycles. The number of aryl methyl sites for hydroxylation is 2. The topological polar surface area (TPSA) is 128 Å². The molecule has 30 heavy (non-hydrogen) atoms. The lowest BCUT2D eigenvalue weighted by Gasteiger charge is -2.09. The van der Waals surface area contributed by atoms with Crippen LogP contribution in [-0.2, 0) is 7.05 Å². The molecule has 4 N–H and O–H groups in total. The van der Waals surface area contributed by atoms with Crippen LogP contribution in [0, 0.1) is 6.92 Å². The maximum absolute atomic E-state index is 13.1. The number of anilines is 3. The number of carbonyl (C=O) groups is 2. The zero-order valence-corrected chi connectivity index (χ0v) is 16.4. The fourth-order valence-electron chi connectivity index (χ4n) is 3.13. The summed E-state index contributed by atoms with van der Waals surface area (Å²) in [7, 11) is 1.77. The number of fused-ring (bicyclic) bond motifs is 1. The number of ketones is 1. The van der Waals surface area contributed by atoms with Gasteiger partial charge in [-0.1, -0.05) is 17.7 Å². The second-order valence-corrected chi connectivity index (χ2v) is 6.85. The van der Waals surface area contributed by atoms with Crippen LogP contribution in [0.2, 0.25) is 0 Å². The van der Waals surface area contributed by atoms with Gasteiger partial charge in [-0.3, -0.25) is 9.78 Å². The van der Waals surface area contributed by atoms with Crippen molar-refractivity contribution in [2.45, 2.75) is 6.92 Å². The Labute approximate surface area is 172 Å². The predicted octanol–water partition coefficient (Wildman–Crippen LogP) is 3.13. The summed E-state index contributed by atoms with van der Waals surface area (Å²) in [5.41, 5.74) is 9.34. The number of hydrogen-bond donors (Lipinski definition) is 3. The third-order valence-corrected chi connectivity index (χ3v) is 4.60. The van der Waals surface area contributed by atoms with Gasteiger partial charge in [0.25, 0.3) is 0 Å². The fraction of sp³-hybridized carbons (Fsp3) is 0.0952. The lowest BCUT2D eigenvalue weighted by molar-refractivity contribution is 0.103. The van der Waals surface area contributed by atoms with Crippen LogP contribution in [0.5, 0.6) is 0 Å². The highest BCUT2D eigenvalue weighted by molar-refractivity contribution is 6.18. The van der Waals surface area contributed by atoms with E-state index in [2.05, 4.69) is 25.6 Å². The van der Waals surface area contributed by atoms with Crippen LogP contribution in [0.4, 0.5) is 22.0 Å². The van der Waals surface area contributed by atoms with Crippen LogP contribution in [0.25, 0.3) is 11.0 Å². The highest BCUT2D eigenvalue weighted by Crippen LogP contribution is 2.25. The van der Waals surface area contributed by atoms with Crippen LogP contribution >= 0.6 is 0 Å². The average molecular weight is 401 g/mol. The Morgan fingerprint density at radius 2 is 1.77 bits per heavy atom. The largest absolute Gasteiger partial charge is 0.383 e. The average Bonchev–Trinajstić information content (AvgIpc) is 3.07. The van der Waals surface area contributed by atoms with Crippen molar-refractivity contribution in [3.8, 4) is 0 Å². The van der Waals surface area contributed by atoms with E-state index in [0.717, 1.165) is 5.56 Å². The molecular weight excluding hydrogens is 382 g/mol. The molecule has 9 nitrogen and oxygen atoms in total. The zero-order chi connectivity index (χ0) is 21.3. The van der Waals surface area contributed by atoms with Crippen molar-refractivity contribution in [2.24, 2.45) is 7.05 Å². The molecule has 0 atom stereocenters. The molecular formula is C21H19N7O2. The molecule has 150 valence electrons. The maximum atomic E-state index is 13.1. The summed E-state index contributed by atoms with van der Waals surface area (Å²) in [6.45, 7) is 1.97. The lowest BCUT2D eigenvalue weighted by Crippen LogP contribution is -2.19. The summed E-state index contributed by atoms with van der Waals surface area (Å²) in [4.78, 5) is 37.6. The third kappa shape index (κ3) is 3.68. The molecule has 3 aromatic heterocycles. The molecule has 0 aliphatic carbocycles. The minimum atomic E-state index is -0.437. The number of hydrogen-bond acceptors (Lipinski definition) is 6. The molecule has 0 unspecified atom stereocenters. The molecule has 0 saturated heterocycles. The molecule has 0 radical (unpaired) electrons. The van der Waals surface area contributed by atoms with Crippen LogP contribution in [0.15, 0.2) is 55.2 Å². The molecule has 2 amide bonds. The predicted molar refractivity (Wildman–Crippen MR) is 114 cm³/mol. The van der Waals surface area contributed by atoms with Crippen molar-refractivity contribution < 1.29 is 9.59 Å². The summed E-state index contributed by atoms with van der Waals surface area (Å²) in [6, 6.07) is 8.53. The Bertz CT molecular complexity index is 1260. The highest BCUT2D eigenvalue weighted by atomic mass is 16.2. The Morgan fingerprint density at radius 3 is 2.53 bits per heavy atom. The van der Waals surface area contributed by atoms with E-state index in [1.807, 2.05) is 19.1 Å². The number of nitrogens with two attached hydrogens (primary N) is 1. The second kappa shape index (κ2) is 7.63. The quantitative estimate of drug-likeness (QED) is 0.451. The first-order valence-corrected chi connectivity index (χ1v) is 9.12. The molecule has 0 saturated carbocycles. The minimum absolute atomic E-state index is 0.226. The Kier molecular flexibility index (Phi) is 4.85. The van der Waals surface area contributed by atoms with E-state index >= 15 is 0 Å². The van der Waals surface area contributed by atoms with E-state index in [4.69, 9.17) is 5.73 Å². The first-order chi connectivity index (χ1) is 14.4. The van der Waals surface area contributed by atoms with E-state index in [1.54, 1.807) is 36.0 Å². The van der Waals surface area contributed by atoms with Gasteiger partial charge < -0.3 is 20.9 Å². The zero-order valence-electron chi connectivity index (χ0n) is 16.4. The summed E-state index contributed by atoms with van der Waals surface area (Å²) >= 11 is 0. The SMILES string of the molecule is Cc1ccc(NC(=O)Nc2cncc(C(=O)c3cn(C)c4ncnc(N)c34)c2)cc1. The number of nitrogens with one attached hydrogen (secondary N) is 2. The normalized spacial score (nSPS) is 10.7. The monoisotopic (exact) mass is 401 g/mol. The highest BCUT2D eigenvalue weighted by Gasteiger charge is 2.20. The number of carbonyl (C=O) groups excluding carboxylic acids is 2. The van der Waals surface area contributed by atoms with Gasteiger partial charge in [0.1, 0.15) is 17.8 Å². The van der Waals surface area contributed by atoms with Gasteiger partial charge in [0, 0.05) is 30.7 Å². The van der Waals surface area contributed by atoms with Crippen LogP contribution < -0.4 is 16.4 Å². The van der Waals surface area contributed by atoms with Gasteiger partial charge in [0.2, 0.25) is 0 Å². The van der Waals surface area contributed by atoms with Crippen molar-refractivity contribution in [1.29, 1.82) is 0 Å². The second-order valence-electron chi connectivity index (χ2n) is 6.85. The van der Waals surface area contributed by atoms with Gasteiger partial charge in [-0.25, -0.2) is 14.8 Å². The number of amides is 2. The van der Waals surface area contributed by atoms with E-state index in [1.165, 1.54) is 18.7 Å².